The van der Waals surface area contributed by atoms with Gasteiger partial charge in [0.1, 0.15) is 0 Å². The fraction of sp³-hybridized carbons (Fsp3) is 0.538. The normalized spacial score (nSPS) is 26.9. The first kappa shape index (κ1) is 12.4. The second-order valence-corrected chi connectivity index (χ2v) is 6.02. The lowest BCUT2D eigenvalue weighted by Gasteiger charge is -2.34. The Kier molecular flexibility index (Phi) is 4.28. The van der Waals surface area contributed by atoms with Crippen molar-refractivity contribution in [3.05, 3.63) is 34.3 Å². The lowest BCUT2D eigenvalue weighted by atomic mass is 9.99. The van der Waals surface area contributed by atoms with Crippen LogP contribution in [0, 0.1) is 5.92 Å². The van der Waals surface area contributed by atoms with Crippen LogP contribution >= 0.6 is 27.5 Å². The summed E-state index contributed by atoms with van der Waals surface area (Å²) >= 11 is 9.83. The summed E-state index contributed by atoms with van der Waals surface area (Å²) in [5.74, 6) is 0.595. The van der Waals surface area contributed by atoms with E-state index in [0.29, 0.717) is 11.3 Å². The molecule has 3 heteroatoms. The molecule has 0 radical (unpaired) electrons. The largest absolute Gasteiger partial charge is 0.299 e. The van der Waals surface area contributed by atoms with Crippen LogP contribution < -0.4 is 0 Å². The van der Waals surface area contributed by atoms with Crippen LogP contribution in [0.15, 0.2) is 28.7 Å². The van der Waals surface area contributed by atoms with Crippen molar-refractivity contribution in [1.29, 1.82) is 0 Å². The highest BCUT2D eigenvalue weighted by atomic mass is 79.9. The molecule has 1 saturated heterocycles. The summed E-state index contributed by atoms with van der Waals surface area (Å²) in [5, 5.41) is 0.357. The maximum Gasteiger partial charge on any atom is 0.0386 e. The second-order valence-electron chi connectivity index (χ2n) is 4.61. The van der Waals surface area contributed by atoms with Crippen molar-refractivity contribution in [2.45, 2.75) is 25.3 Å². The summed E-state index contributed by atoms with van der Waals surface area (Å²) in [7, 11) is 0. The molecule has 1 nitrogen and oxygen atoms in total. The summed E-state index contributed by atoms with van der Waals surface area (Å²) in [4.78, 5) is 2.49. The zero-order chi connectivity index (χ0) is 11.5. The molecule has 2 rings (SSSR count). The summed E-state index contributed by atoms with van der Waals surface area (Å²) in [6, 6.07) is 8.44. The molecule has 0 amide bonds. The predicted octanol–water partition coefficient (Wildman–Crippen LogP) is 3.90. The maximum atomic E-state index is 6.23. The number of halogens is 2. The van der Waals surface area contributed by atoms with E-state index >= 15 is 0 Å². The SMILES string of the molecule is CC1CN(Cc2ccccc2Br)CCC1Cl. The number of likely N-dealkylation sites (tertiary alicyclic amines) is 1. The van der Waals surface area contributed by atoms with Crippen molar-refractivity contribution >= 4 is 27.5 Å². The Morgan fingerprint density at radius 2 is 2.19 bits per heavy atom. The third-order valence-electron chi connectivity index (χ3n) is 3.24. The van der Waals surface area contributed by atoms with E-state index in [-0.39, 0.29) is 0 Å². The van der Waals surface area contributed by atoms with Gasteiger partial charge in [-0.25, -0.2) is 0 Å². The molecule has 1 aliphatic rings. The van der Waals surface area contributed by atoms with E-state index in [1.165, 1.54) is 10.0 Å². The quantitative estimate of drug-likeness (QED) is 0.749. The fourth-order valence-corrected chi connectivity index (χ4v) is 2.80. The van der Waals surface area contributed by atoms with Crippen LogP contribution in [-0.2, 0) is 6.54 Å². The van der Waals surface area contributed by atoms with Crippen molar-refractivity contribution in [3.63, 3.8) is 0 Å². The molecule has 1 aromatic carbocycles. The van der Waals surface area contributed by atoms with E-state index in [9.17, 15) is 0 Å². The smallest absolute Gasteiger partial charge is 0.0386 e. The van der Waals surface area contributed by atoms with Crippen molar-refractivity contribution in [1.82, 2.24) is 4.90 Å². The third-order valence-corrected chi connectivity index (χ3v) is 4.66. The molecule has 0 N–H and O–H groups in total. The Morgan fingerprint density at radius 3 is 2.88 bits per heavy atom. The van der Waals surface area contributed by atoms with Crippen LogP contribution in [0.1, 0.15) is 18.9 Å². The van der Waals surface area contributed by atoms with Crippen molar-refractivity contribution < 1.29 is 0 Å². The van der Waals surface area contributed by atoms with Gasteiger partial charge in [-0.1, -0.05) is 41.1 Å². The topological polar surface area (TPSA) is 3.24 Å². The fourth-order valence-electron chi connectivity index (χ4n) is 2.21. The average molecular weight is 303 g/mol. The minimum atomic E-state index is 0.357. The zero-order valence-corrected chi connectivity index (χ0v) is 11.8. The second kappa shape index (κ2) is 5.52. The van der Waals surface area contributed by atoms with E-state index < -0.39 is 0 Å². The summed E-state index contributed by atoms with van der Waals surface area (Å²) in [6.45, 7) is 5.48. The molecule has 2 unspecified atom stereocenters. The zero-order valence-electron chi connectivity index (χ0n) is 9.50. The Labute approximate surface area is 111 Å². The molecule has 0 bridgehead atoms. The Balaban J connectivity index is 1.98. The predicted molar refractivity (Wildman–Crippen MR) is 72.8 cm³/mol. The summed E-state index contributed by atoms with van der Waals surface area (Å²) < 4.78 is 1.20. The number of alkyl halides is 1. The van der Waals surface area contributed by atoms with E-state index in [2.05, 4.69) is 52.0 Å². The van der Waals surface area contributed by atoms with Gasteiger partial charge in [-0.05, 0) is 30.5 Å². The number of nitrogens with zero attached hydrogens (tertiary/aromatic N) is 1. The van der Waals surface area contributed by atoms with Gasteiger partial charge in [-0.15, -0.1) is 11.6 Å². The molecule has 1 heterocycles. The molecule has 1 aromatic rings. The Bertz CT molecular complexity index is 356. The molecule has 16 heavy (non-hydrogen) atoms. The van der Waals surface area contributed by atoms with Gasteiger partial charge in [0, 0.05) is 22.9 Å². The molecular weight excluding hydrogens is 286 g/mol. The van der Waals surface area contributed by atoms with Gasteiger partial charge in [0.05, 0.1) is 0 Å². The number of hydrogen-bond acceptors (Lipinski definition) is 1. The lowest BCUT2D eigenvalue weighted by molar-refractivity contribution is 0.179. The average Bonchev–Trinajstić information content (AvgIpc) is 2.27. The molecule has 1 aliphatic heterocycles. The van der Waals surface area contributed by atoms with Gasteiger partial charge in [0.15, 0.2) is 0 Å². The first-order chi connectivity index (χ1) is 7.66. The van der Waals surface area contributed by atoms with Crippen LogP contribution in [0.25, 0.3) is 0 Å². The van der Waals surface area contributed by atoms with Crippen LogP contribution in [-0.4, -0.2) is 23.4 Å². The van der Waals surface area contributed by atoms with Gasteiger partial charge >= 0.3 is 0 Å². The van der Waals surface area contributed by atoms with Gasteiger partial charge < -0.3 is 0 Å². The van der Waals surface area contributed by atoms with E-state index in [0.717, 1.165) is 26.1 Å². The van der Waals surface area contributed by atoms with Crippen LogP contribution in [0.3, 0.4) is 0 Å². The summed E-state index contributed by atoms with van der Waals surface area (Å²) in [5.41, 5.74) is 1.36. The Hall–Kier alpha value is -0.0500. The molecular formula is C13H17BrClN. The molecule has 88 valence electrons. The highest BCUT2D eigenvalue weighted by molar-refractivity contribution is 9.10. The monoisotopic (exact) mass is 301 g/mol. The van der Waals surface area contributed by atoms with Gasteiger partial charge in [-0.3, -0.25) is 4.90 Å². The lowest BCUT2D eigenvalue weighted by Crippen LogP contribution is -2.39. The van der Waals surface area contributed by atoms with Crippen molar-refractivity contribution in [3.8, 4) is 0 Å². The third kappa shape index (κ3) is 2.99. The molecule has 1 fully saturated rings. The minimum absolute atomic E-state index is 0.357. The van der Waals surface area contributed by atoms with Gasteiger partial charge in [-0.2, -0.15) is 0 Å². The standard InChI is InChI=1S/C13H17BrClN/c1-10-8-16(7-6-13(10)15)9-11-4-2-3-5-12(11)14/h2-5,10,13H,6-9H2,1H3. The van der Waals surface area contributed by atoms with E-state index in [1.807, 2.05) is 0 Å². The van der Waals surface area contributed by atoms with Gasteiger partial charge in [0.25, 0.3) is 0 Å². The molecule has 2 atom stereocenters. The number of piperidine rings is 1. The first-order valence-electron chi connectivity index (χ1n) is 5.76. The number of benzene rings is 1. The van der Waals surface area contributed by atoms with Crippen molar-refractivity contribution in [2.24, 2.45) is 5.92 Å². The molecule has 0 saturated carbocycles. The van der Waals surface area contributed by atoms with Crippen molar-refractivity contribution in [2.75, 3.05) is 13.1 Å². The molecule has 0 aromatic heterocycles. The highest BCUT2D eigenvalue weighted by Gasteiger charge is 2.24. The molecule has 0 aliphatic carbocycles. The van der Waals surface area contributed by atoms with Gasteiger partial charge in [0.2, 0.25) is 0 Å². The van der Waals surface area contributed by atoms with E-state index in [1.54, 1.807) is 0 Å². The first-order valence-corrected chi connectivity index (χ1v) is 6.99. The maximum absolute atomic E-state index is 6.23. The van der Waals surface area contributed by atoms with Crippen LogP contribution in [0.5, 0.6) is 0 Å². The van der Waals surface area contributed by atoms with Crippen LogP contribution in [0.4, 0.5) is 0 Å². The highest BCUT2D eigenvalue weighted by Crippen LogP contribution is 2.24. The number of rotatable bonds is 2. The van der Waals surface area contributed by atoms with E-state index in [4.69, 9.17) is 11.6 Å². The molecule has 0 spiro atoms. The summed E-state index contributed by atoms with van der Waals surface area (Å²) in [6.07, 6.45) is 1.10. The Morgan fingerprint density at radius 1 is 1.44 bits per heavy atom. The van der Waals surface area contributed by atoms with Crippen LogP contribution in [0.2, 0.25) is 0 Å². The number of hydrogen-bond donors (Lipinski definition) is 0. The minimum Gasteiger partial charge on any atom is -0.299 e.